The molecule has 0 aromatic carbocycles. The van der Waals surface area contributed by atoms with Crippen molar-refractivity contribution in [3.63, 3.8) is 0 Å². The van der Waals surface area contributed by atoms with Crippen molar-refractivity contribution < 1.29 is 0 Å². The zero-order chi connectivity index (χ0) is 10.4. The molecule has 0 N–H and O–H groups in total. The minimum absolute atomic E-state index is 1.14. The molecule has 0 heteroatoms. The van der Waals surface area contributed by atoms with Crippen LogP contribution in [0.4, 0.5) is 0 Å². The summed E-state index contributed by atoms with van der Waals surface area (Å²) in [5.74, 6) is 0. The molecule has 0 bridgehead atoms. The molecule has 0 atom stereocenters. The topological polar surface area (TPSA) is 0 Å². The van der Waals surface area contributed by atoms with Crippen LogP contribution in [0.3, 0.4) is 0 Å². The van der Waals surface area contributed by atoms with Gasteiger partial charge in [-0.05, 0) is 13.3 Å². The Morgan fingerprint density at radius 1 is 1.17 bits per heavy atom. The molecule has 0 saturated carbocycles. The van der Waals surface area contributed by atoms with Crippen LogP contribution in [0.5, 0.6) is 0 Å². The van der Waals surface area contributed by atoms with Crippen molar-refractivity contribution >= 4 is 0 Å². The first-order chi connectivity index (χ1) is 5.77. The molecule has 0 saturated heterocycles. The van der Waals surface area contributed by atoms with Crippen LogP contribution >= 0.6 is 0 Å². The largest absolute Gasteiger partial charge is 0.0961 e. The zero-order valence-corrected chi connectivity index (χ0v) is 9.78. The predicted molar refractivity (Wildman–Crippen MR) is 61.6 cm³/mol. The van der Waals surface area contributed by atoms with Gasteiger partial charge < -0.3 is 0 Å². The lowest BCUT2D eigenvalue weighted by atomic mass is 10.2. The Kier molecular flexibility index (Phi) is 32.8. The smallest absolute Gasteiger partial charge is 0.0350 e. The molecule has 0 aromatic rings. The van der Waals surface area contributed by atoms with E-state index < -0.39 is 0 Å². The van der Waals surface area contributed by atoms with E-state index in [1.165, 1.54) is 12.8 Å². The molecule has 0 fully saturated rings. The van der Waals surface area contributed by atoms with Crippen LogP contribution in [0.1, 0.15) is 54.4 Å². The maximum absolute atomic E-state index is 3.74. The predicted octanol–water partition coefficient (Wildman–Crippen LogP) is 4.97. The molecule has 0 aliphatic carbocycles. The Morgan fingerprint density at radius 3 is 1.83 bits per heavy atom. The highest BCUT2D eigenvalue weighted by atomic mass is 13.8. The first-order valence-corrected chi connectivity index (χ1v) is 5.09. The van der Waals surface area contributed by atoms with Gasteiger partial charge in [0.25, 0.3) is 0 Å². The van der Waals surface area contributed by atoms with E-state index in [9.17, 15) is 0 Å². The monoisotopic (exact) mass is 170 g/mol. The molecule has 0 aromatic heterocycles. The van der Waals surface area contributed by atoms with Crippen LogP contribution in [0.25, 0.3) is 0 Å². The van der Waals surface area contributed by atoms with Crippen molar-refractivity contribution in [3.8, 4) is 0 Å². The van der Waals surface area contributed by atoms with Gasteiger partial charge in [0.2, 0.25) is 0 Å². The van der Waals surface area contributed by atoms with Crippen molar-refractivity contribution in [2.45, 2.75) is 54.4 Å². The molecule has 0 nitrogen and oxygen atoms in total. The van der Waals surface area contributed by atoms with Crippen molar-refractivity contribution in [2.24, 2.45) is 0 Å². The maximum Gasteiger partial charge on any atom is -0.0350 e. The van der Waals surface area contributed by atoms with E-state index in [1.54, 1.807) is 0 Å². The summed E-state index contributed by atoms with van der Waals surface area (Å²) < 4.78 is 0. The SMILES string of the molecule is C=C(C)/C=C\CCC.CC.CC. The van der Waals surface area contributed by atoms with E-state index >= 15 is 0 Å². The van der Waals surface area contributed by atoms with Gasteiger partial charge in [0.05, 0.1) is 0 Å². The fourth-order valence-electron chi connectivity index (χ4n) is 0.451. The Balaban J connectivity index is -0.000000175. The van der Waals surface area contributed by atoms with E-state index in [0.717, 1.165) is 5.57 Å². The Morgan fingerprint density at radius 2 is 1.58 bits per heavy atom. The minimum Gasteiger partial charge on any atom is -0.0961 e. The van der Waals surface area contributed by atoms with Crippen LogP contribution in [0.2, 0.25) is 0 Å². The quantitative estimate of drug-likeness (QED) is 0.524. The Hall–Kier alpha value is -0.520. The summed E-state index contributed by atoms with van der Waals surface area (Å²) in [7, 11) is 0. The van der Waals surface area contributed by atoms with E-state index in [4.69, 9.17) is 0 Å². The van der Waals surface area contributed by atoms with Crippen LogP contribution in [0.15, 0.2) is 24.3 Å². The lowest BCUT2D eigenvalue weighted by Gasteiger charge is -1.83. The van der Waals surface area contributed by atoms with Gasteiger partial charge in [0.1, 0.15) is 0 Å². The van der Waals surface area contributed by atoms with Gasteiger partial charge in [-0.25, -0.2) is 0 Å². The Labute approximate surface area is 79.4 Å². The first-order valence-electron chi connectivity index (χ1n) is 5.09. The third kappa shape index (κ3) is 34.0. The van der Waals surface area contributed by atoms with E-state index in [0.29, 0.717) is 0 Å². The van der Waals surface area contributed by atoms with E-state index in [1.807, 2.05) is 34.6 Å². The third-order valence-electron chi connectivity index (χ3n) is 0.858. The number of hydrogen-bond acceptors (Lipinski definition) is 0. The van der Waals surface area contributed by atoms with Gasteiger partial charge in [-0.15, -0.1) is 0 Å². The molecule has 0 aliphatic rings. The van der Waals surface area contributed by atoms with Crippen LogP contribution in [0, 0.1) is 0 Å². The third-order valence-corrected chi connectivity index (χ3v) is 0.858. The number of rotatable bonds is 3. The highest BCUT2D eigenvalue weighted by molar-refractivity contribution is 5.10. The zero-order valence-electron chi connectivity index (χ0n) is 9.78. The molecule has 0 unspecified atom stereocenters. The molecule has 74 valence electrons. The molecule has 0 rings (SSSR count). The van der Waals surface area contributed by atoms with Gasteiger partial charge in [0, 0.05) is 0 Å². The summed E-state index contributed by atoms with van der Waals surface area (Å²) in [6.45, 7) is 15.9. The number of unbranched alkanes of at least 4 members (excludes halogenated alkanes) is 1. The van der Waals surface area contributed by atoms with Crippen molar-refractivity contribution in [1.82, 2.24) is 0 Å². The highest BCUT2D eigenvalue weighted by Gasteiger charge is 1.72. The van der Waals surface area contributed by atoms with Gasteiger partial charge in [-0.3, -0.25) is 0 Å². The highest BCUT2D eigenvalue weighted by Crippen LogP contribution is 1.93. The molecular weight excluding hydrogens is 144 g/mol. The summed E-state index contributed by atoms with van der Waals surface area (Å²) in [5, 5.41) is 0. The fourth-order valence-corrected chi connectivity index (χ4v) is 0.451. The van der Waals surface area contributed by atoms with Crippen molar-refractivity contribution in [2.75, 3.05) is 0 Å². The Bertz CT molecular complexity index is 88.2. The average molecular weight is 170 g/mol. The lowest BCUT2D eigenvalue weighted by Crippen LogP contribution is -1.62. The second kappa shape index (κ2) is 22.4. The van der Waals surface area contributed by atoms with Gasteiger partial charge in [-0.2, -0.15) is 0 Å². The van der Waals surface area contributed by atoms with E-state index in [2.05, 4.69) is 25.7 Å². The minimum atomic E-state index is 1.14. The standard InChI is InChI=1S/C8H14.2C2H6/c1-4-5-6-7-8(2)3;2*1-2/h6-7H,2,4-5H2,1,3H3;2*1-2H3/b7-6-;;. The number of hydrogen-bond donors (Lipinski definition) is 0. The van der Waals surface area contributed by atoms with Gasteiger partial charge >= 0.3 is 0 Å². The second-order valence-corrected chi connectivity index (χ2v) is 2.04. The maximum atomic E-state index is 3.74. The molecule has 0 spiro atoms. The molecular formula is C12H26. The van der Waals surface area contributed by atoms with E-state index in [-0.39, 0.29) is 0 Å². The molecule has 12 heavy (non-hydrogen) atoms. The normalized spacial score (nSPS) is 7.83. The second-order valence-electron chi connectivity index (χ2n) is 2.04. The lowest BCUT2D eigenvalue weighted by molar-refractivity contribution is 0.958. The van der Waals surface area contributed by atoms with Crippen molar-refractivity contribution in [1.29, 1.82) is 0 Å². The average Bonchev–Trinajstić information content (AvgIpc) is 2.12. The first kappa shape index (κ1) is 17.5. The summed E-state index contributed by atoms with van der Waals surface area (Å²) in [5.41, 5.74) is 1.14. The van der Waals surface area contributed by atoms with Gasteiger partial charge in [-0.1, -0.05) is 65.3 Å². The van der Waals surface area contributed by atoms with Crippen LogP contribution in [-0.4, -0.2) is 0 Å². The molecule has 0 amide bonds. The molecule has 0 radical (unpaired) electrons. The summed E-state index contributed by atoms with van der Waals surface area (Å²) in [4.78, 5) is 0. The number of allylic oxidation sites excluding steroid dienone is 3. The summed E-state index contributed by atoms with van der Waals surface area (Å²) >= 11 is 0. The fraction of sp³-hybridized carbons (Fsp3) is 0.667. The van der Waals surface area contributed by atoms with Crippen molar-refractivity contribution in [3.05, 3.63) is 24.3 Å². The van der Waals surface area contributed by atoms with Gasteiger partial charge in [0.15, 0.2) is 0 Å². The van der Waals surface area contributed by atoms with Crippen LogP contribution < -0.4 is 0 Å². The summed E-state index contributed by atoms with van der Waals surface area (Å²) in [6.07, 6.45) is 6.61. The van der Waals surface area contributed by atoms with Crippen LogP contribution in [-0.2, 0) is 0 Å². The molecule has 0 heterocycles. The molecule has 0 aliphatic heterocycles. The summed E-state index contributed by atoms with van der Waals surface area (Å²) in [6, 6.07) is 0.